The van der Waals surface area contributed by atoms with Crippen LogP contribution in [-0.4, -0.2) is 37.4 Å². The van der Waals surface area contributed by atoms with Crippen LogP contribution in [0.4, 0.5) is 22.2 Å². The maximum atomic E-state index is 12.8. The van der Waals surface area contributed by atoms with Crippen molar-refractivity contribution in [3.05, 3.63) is 107 Å². The fraction of sp³-hybridized carbons (Fsp3) is 0.103. The SMILES string of the molecule is COC(=O)c1c(N/C=C/C(=O)c2cccc(NC(=S)Nc3ccc(S(=O)(=O)Nc4ccccn4)cc3)c2)sc(C)c1C. The Morgan fingerprint density at radius 3 is 2.40 bits per heavy atom. The summed E-state index contributed by atoms with van der Waals surface area (Å²) in [5.74, 6) is -0.482. The summed E-state index contributed by atoms with van der Waals surface area (Å²) < 4.78 is 32.5. The second kappa shape index (κ2) is 13.4. The molecule has 2 aromatic heterocycles. The van der Waals surface area contributed by atoms with Gasteiger partial charge in [0.05, 0.1) is 17.6 Å². The van der Waals surface area contributed by atoms with Crippen LogP contribution < -0.4 is 20.7 Å². The molecule has 0 spiro atoms. The summed E-state index contributed by atoms with van der Waals surface area (Å²) in [6.07, 6.45) is 4.36. The molecule has 2 heterocycles. The highest BCUT2D eigenvalue weighted by molar-refractivity contribution is 7.92. The first-order valence-corrected chi connectivity index (χ1v) is 15.2. The summed E-state index contributed by atoms with van der Waals surface area (Å²) in [6, 6.07) is 17.8. The van der Waals surface area contributed by atoms with E-state index in [1.165, 1.54) is 49.1 Å². The van der Waals surface area contributed by atoms with Gasteiger partial charge in [0.15, 0.2) is 10.9 Å². The Bertz CT molecular complexity index is 1750. The molecule has 0 aliphatic rings. The van der Waals surface area contributed by atoms with Gasteiger partial charge in [0.1, 0.15) is 10.8 Å². The van der Waals surface area contributed by atoms with Crippen LogP contribution in [0.2, 0.25) is 0 Å². The number of nitrogens with one attached hydrogen (secondary N) is 4. The number of hydrogen-bond acceptors (Lipinski definition) is 9. The number of rotatable bonds is 10. The van der Waals surface area contributed by atoms with Crippen molar-refractivity contribution >= 4 is 72.6 Å². The van der Waals surface area contributed by atoms with E-state index in [4.69, 9.17) is 17.0 Å². The highest BCUT2D eigenvalue weighted by Gasteiger charge is 2.19. The number of methoxy groups -OCH3 is 1. The van der Waals surface area contributed by atoms with E-state index in [2.05, 4.69) is 25.7 Å². The number of aromatic nitrogens is 1. The number of anilines is 4. The second-order valence-electron chi connectivity index (χ2n) is 8.83. The highest BCUT2D eigenvalue weighted by atomic mass is 32.2. The van der Waals surface area contributed by atoms with Gasteiger partial charge in [-0.25, -0.2) is 18.2 Å². The molecular weight excluding hydrogens is 595 g/mol. The molecule has 0 radical (unpaired) electrons. The normalized spacial score (nSPS) is 11.1. The quantitative estimate of drug-likeness (QED) is 0.0726. The number of nitrogens with zero attached hydrogens (tertiary/aromatic N) is 1. The van der Waals surface area contributed by atoms with E-state index in [1.807, 2.05) is 13.8 Å². The number of ketones is 1. The van der Waals surface area contributed by atoms with E-state index in [0.29, 0.717) is 27.5 Å². The van der Waals surface area contributed by atoms with Crippen LogP contribution in [0.5, 0.6) is 0 Å². The van der Waals surface area contributed by atoms with Crippen molar-refractivity contribution in [2.24, 2.45) is 0 Å². The van der Waals surface area contributed by atoms with Gasteiger partial charge in [-0.15, -0.1) is 11.3 Å². The smallest absolute Gasteiger partial charge is 0.341 e. The maximum absolute atomic E-state index is 12.8. The average Bonchev–Trinajstić information content (AvgIpc) is 3.25. The molecule has 0 aliphatic carbocycles. The Balaban J connectivity index is 1.35. The molecular formula is C29H27N5O5S3. The third-order valence-corrected chi connectivity index (χ3v) is 8.67. The number of carbonyl (C=O) groups excluding carboxylic acids is 2. The number of thiophene rings is 1. The van der Waals surface area contributed by atoms with Crippen LogP contribution in [0.1, 0.15) is 31.2 Å². The zero-order chi connectivity index (χ0) is 30.3. The van der Waals surface area contributed by atoms with Crippen LogP contribution in [0, 0.1) is 13.8 Å². The first-order valence-electron chi connectivity index (χ1n) is 12.4. The summed E-state index contributed by atoms with van der Waals surface area (Å²) >= 11 is 6.80. The van der Waals surface area contributed by atoms with Crippen molar-refractivity contribution in [2.45, 2.75) is 18.7 Å². The number of thiocarbonyl (C=S) groups is 1. The zero-order valence-electron chi connectivity index (χ0n) is 22.8. The minimum absolute atomic E-state index is 0.0669. The Hall–Kier alpha value is -4.59. The molecule has 0 unspecified atom stereocenters. The number of benzene rings is 2. The van der Waals surface area contributed by atoms with E-state index in [9.17, 15) is 18.0 Å². The zero-order valence-corrected chi connectivity index (χ0v) is 25.2. The summed E-state index contributed by atoms with van der Waals surface area (Å²) in [5.41, 5.74) is 2.84. The molecule has 0 saturated heterocycles. The lowest BCUT2D eigenvalue weighted by Gasteiger charge is -2.12. The molecule has 42 heavy (non-hydrogen) atoms. The molecule has 4 rings (SSSR count). The number of hydrogen-bond donors (Lipinski definition) is 4. The third-order valence-electron chi connectivity index (χ3n) is 5.96. The summed E-state index contributed by atoms with van der Waals surface area (Å²) in [7, 11) is -2.48. The molecule has 0 amide bonds. The van der Waals surface area contributed by atoms with Gasteiger partial charge in [-0.3, -0.25) is 9.52 Å². The van der Waals surface area contributed by atoms with Crippen molar-refractivity contribution in [1.29, 1.82) is 0 Å². The molecule has 0 bridgehead atoms. The number of carbonyl (C=O) groups is 2. The lowest BCUT2D eigenvalue weighted by molar-refractivity contribution is 0.0601. The van der Waals surface area contributed by atoms with Crippen LogP contribution in [0.15, 0.2) is 90.1 Å². The van der Waals surface area contributed by atoms with Gasteiger partial charge >= 0.3 is 5.97 Å². The van der Waals surface area contributed by atoms with Crippen molar-refractivity contribution < 1.29 is 22.7 Å². The Labute approximate surface area is 252 Å². The van der Waals surface area contributed by atoms with Gasteiger partial charge in [0, 0.05) is 40.3 Å². The van der Waals surface area contributed by atoms with Gasteiger partial charge in [-0.2, -0.15) is 0 Å². The molecule has 0 fully saturated rings. The predicted molar refractivity (Wildman–Crippen MR) is 170 cm³/mol. The minimum Gasteiger partial charge on any atom is -0.465 e. The topological polar surface area (TPSA) is 139 Å². The molecule has 0 aliphatic heterocycles. The number of aryl methyl sites for hydroxylation is 1. The molecule has 216 valence electrons. The highest BCUT2D eigenvalue weighted by Crippen LogP contribution is 2.33. The fourth-order valence-electron chi connectivity index (χ4n) is 3.75. The second-order valence-corrected chi connectivity index (χ2v) is 12.1. The number of ether oxygens (including phenoxy) is 1. The standard InChI is InChI=1S/C29H27N5O5S3/c1-18-19(2)41-27(26(18)28(36)39-3)31-16-14-24(35)20-7-6-8-22(17-20)33-29(40)32-21-10-12-23(13-11-21)42(37,38)34-25-9-4-5-15-30-25/h4-17,31H,1-3H3,(H,30,34)(H2,32,33,40)/b16-14+. The molecule has 13 heteroatoms. The monoisotopic (exact) mass is 621 g/mol. The Kier molecular flexibility index (Phi) is 9.68. The fourth-order valence-corrected chi connectivity index (χ4v) is 6.02. The van der Waals surface area contributed by atoms with Gasteiger partial charge in [0.2, 0.25) is 0 Å². The third kappa shape index (κ3) is 7.57. The van der Waals surface area contributed by atoms with Crippen LogP contribution in [-0.2, 0) is 14.8 Å². The van der Waals surface area contributed by atoms with E-state index in [-0.39, 0.29) is 21.6 Å². The minimum atomic E-state index is -3.80. The summed E-state index contributed by atoms with van der Waals surface area (Å²) in [5, 5.41) is 9.88. The summed E-state index contributed by atoms with van der Waals surface area (Å²) in [4.78, 5) is 29.9. The molecule has 10 nitrogen and oxygen atoms in total. The molecule has 0 atom stereocenters. The van der Waals surface area contributed by atoms with Crippen molar-refractivity contribution in [2.75, 3.05) is 27.8 Å². The lowest BCUT2D eigenvalue weighted by atomic mass is 10.1. The largest absolute Gasteiger partial charge is 0.465 e. The molecule has 4 N–H and O–H groups in total. The first-order chi connectivity index (χ1) is 20.1. The molecule has 2 aromatic carbocycles. The van der Waals surface area contributed by atoms with Crippen molar-refractivity contribution in [3.63, 3.8) is 0 Å². The van der Waals surface area contributed by atoms with E-state index in [0.717, 1.165) is 10.4 Å². The van der Waals surface area contributed by atoms with Crippen molar-refractivity contribution in [1.82, 2.24) is 4.98 Å². The molecule has 0 saturated carbocycles. The number of sulfonamides is 1. The van der Waals surface area contributed by atoms with Crippen LogP contribution in [0.25, 0.3) is 0 Å². The summed E-state index contributed by atoms with van der Waals surface area (Å²) in [6.45, 7) is 3.75. The first kappa shape index (κ1) is 30.4. The van der Waals surface area contributed by atoms with E-state index < -0.39 is 16.0 Å². The predicted octanol–water partition coefficient (Wildman–Crippen LogP) is 5.96. The lowest BCUT2D eigenvalue weighted by Crippen LogP contribution is -2.19. The maximum Gasteiger partial charge on any atom is 0.341 e. The Morgan fingerprint density at radius 2 is 1.71 bits per heavy atom. The van der Waals surface area contributed by atoms with E-state index in [1.54, 1.807) is 54.6 Å². The number of esters is 1. The Morgan fingerprint density at radius 1 is 0.976 bits per heavy atom. The van der Waals surface area contributed by atoms with Gasteiger partial charge in [-0.1, -0.05) is 18.2 Å². The van der Waals surface area contributed by atoms with Gasteiger partial charge in [0.25, 0.3) is 10.0 Å². The van der Waals surface area contributed by atoms with Crippen LogP contribution >= 0.6 is 23.6 Å². The number of pyridine rings is 1. The average molecular weight is 622 g/mol. The van der Waals surface area contributed by atoms with Gasteiger partial charge < -0.3 is 20.7 Å². The molecule has 4 aromatic rings. The number of allylic oxidation sites excluding steroid dienone is 1. The van der Waals surface area contributed by atoms with Crippen molar-refractivity contribution in [3.8, 4) is 0 Å². The van der Waals surface area contributed by atoms with Crippen LogP contribution in [0.3, 0.4) is 0 Å². The van der Waals surface area contributed by atoms with E-state index >= 15 is 0 Å². The van der Waals surface area contributed by atoms with Gasteiger partial charge in [-0.05, 0) is 80.2 Å².